The zero-order valence-electron chi connectivity index (χ0n) is 11.4. The standard InChI is InChI=1S/C16H13ClN2O2/c1-11-8-13(17)4-7-15(11)19-16(20)10-21-14-5-2-12(9-18)3-6-14/h2-8H,10H2,1H3,(H,19,20). The molecule has 0 aliphatic carbocycles. The molecule has 4 nitrogen and oxygen atoms in total. The first-order valence-corrected chi connectivity index (χ1v) is 6.65. The molecule has 21 heavy (non-hydrogen) atoms. The van der Waals surface area contributed by atoms with Crippen molar-refractivity contribution in [2.75, 3.05) is 11.9 Å². The summed E-state index contributed by atoms with van der Waals surface area (Å²) in [4.78, 5) is 11.8. The van der Waals surface area contributed by atoms with E-state index in [0.29, 0.717) is 22.0 Å². The summed E-state index contributed by atoms with van der Waals surface area (Å²) in [6.45, 7) is 1.76. The molecule has 0 atom stereocenters. The van der Waals surface area contributed by atoms with Gasteiger partial charge in [0.25, 0.3) is 5.91 Å². The molecular formula is C16H13ClN2O2. The Morgan fingerprint density at radius 3 is 2.62 bits per heavy atom. The first kappa shape index (κ1) is 14.9. The van der Waals surface area contributed by atoms with E-state index in [0.717, 1.165) is 5.56 Å². The second-order valence-electron chi connectivity index (χ2n) is 4.43. The number of rotatable bonds is 4. The van der Waals surface area contributed by atoms with Crippen LogP contribution in [0.3, 0.4) is 0 Å². The van der Waals surface area contributed by atoms with Crippen molar-refractivity contribution in [1.29, 1.82) is 5.26 Å². The zero-order chi connectivity index (χ0) is 15.2. The van der Waals surface area contributed by atoms with E-state index >= 15 is 0 Å². The highest BCUT2D eigenvalue weighted by Crippen LogP contribution is 2.19. The fraction of sp³-hybridized carbons (Fsp3) is 0.125. The van der Waals surface area contributed by atoms with Gasteiger partial charge in [-0.3, -0.25) is 4.79 Å². The lowest BCUT2D eigenvalue weighted by atomic mass is 10.2. The third-order valence-electron chi connectivity index (χ3n) is 2.82. The number of carbonyl (C=O) groups excluding carboxylic acids is 1. The van der Waals surface area contributed by atoms with E-state index in [1.165, 1.54) is 0 Å². The Balaban J connectivity index is 1.91. The van der Waals surface area contributed by atoms with Gasteiger partial charge >= 0.3 is 0 Å². The van der Waals surface area contributed by atoms with Crippen LogP contribution >= 0.6 is 11.6 Å². The third kappa shape index (κ3) is 4.23. The second kappa shape index (κ2) is 6.78. The van der Waals surface area contributed by atoms with Gasteiger partial charge in [0.15, 0.2) is 6.61 Å². The number of hydrogen-bond donors (Lipinski definition) is 1. The molecule has 1 N–H and O–H groups in total. The Morgan fingerprint density at radius 2 is 2.00 bits per heavy atom. The summed E-state index contributed by atoms with van der Waals surface area (Å²) in [6.07, 6.45) is 0. The molecular weight excluding hydrogens is 288 g/mol. The maximum Gasteiger partial charge on any atom is 0.262 e. The topological polar surface area (TPSA) is 62.1 Å². The lowest BCUT2D eigenvalue weighted by Gasteiger charge is -2.10. The Hall–Kier alpha value is -2.51. The van der Waals surface area contributed by atoms with Gasteiger partial charge in [0.1, 0.15) is 5.75 Å². The van der Waals surface area contributed by atoms with Crippen LogP contribution < -0.4 is 10.1 Å². The molecule has 0 unspecified atom stereocenters. The van der Waals surface area contributed by atoms with Crippen molar-refractivity contribution >= 4 is 23.2 Å². The Bertz CT molecular complexity index is 690. The summed E-state index contributed by atoms with van der Waals surface area (Å²) in [7, 11) is 0. The highest BCUT2D eigenvalue weighted by molar-refractivity contribution is 6.30. The fourth-order valence-electron chi connectivity index (χ4n) is 1.73. The molecule has 0 saturated carbocycles. The van der Waals surface area contributed by atoms with Crippen molar-refractivity contribution in [3.8, 4) is 11.8 Å². The fourth-order valence-corrected chi connectivity index (χ4v) is 1.95. The summed E-state index contributed by atoms with van der Waals surface area (Å²) in [6, 6.07) is 13.8. The van der Waals surface area contributed by atoms with E-state index in [2.05, 4.69) is 5.32 Å². The van der Waals surface area contributed by atoms with Gasteiger partial charge in [-0.1, -0.05) is 11.6 Å². The van der Waals surface area contributed by atoms with Crippen molar-refractivity contribution in [2.45, 2.75) is 6.92 Å². The maximum absolute atomic E-state index is 11.8. The first-order chi connectivity index (χ1) is 10.1. The molecule has 1 amide bonds. The smallest absolute Gasteiger partial charge is 0.262 e. The average Bonchev–Trinajstić information content (AvgIpc) is 2.48. The van der Waals surface area contributed by atoms with Gasteiger partial charge in [0, 0.05) is 10.7 Å². The number of carbonyl (C=O) groups is 1. The van der Waals surface area contributed by atoms with Crippen molar-refractivity contribution in [2.24, 2.45) is 0 Å². The minimum atomic E-state index is -0.259. The molecule has 0 aromatic heterocycles. The van der Waals surface area contributed by atoms with Crippen LogP contribution in [0.25, 0.3) is 0 Å². The summed E-state index contributed by atoms with van der Waals surface area (Å²) in [5.74, 6) is 0.279. The van der Waals surface area contributed by atoms with Gasteiger partial charge in [-0.25, -0.2) is 0 Å². The molecule has 0 saturated heterocycles. The number of amides is 1. The van der Waals surface area contributed by atoms with Crippen LogP contribution in [0.5, 0.6) is 5.75 Å². The Morgan fingerprint density at radius 1 is 1.29 bits per heavy atom. The highest BCUT2D eigenvalue weighted by Gasteiger charge is 2.06. The number of nitriles is 1. The van der Waals surface area contributed by atoms with E-state index in [1.54, 1.807) is 42.5 Å². The molecule has 2 aromatic rings. The van der Waals surface area contributed by atoms with Gasteiger partial charge in [-0.2, -0.15) is 5.26 Å². The van der Waals surface area contributed by atoms with Crippen LogP contribution in [-0.2, 0) is 4.79 Å². The summed E-state index contributed by atoms with van der Waals surface area (Å²) < 4.78 is 5.36. The van der Waals surface area contributed by atoms with Crippen molar-refractivity contribution in [3.63, 3.8) is 0 Å². The number of benzene rings is 2. The minimum absolute atomic E-state index is 0.103. The number of ether oxygens (including phenoxy) is 1. The van der Waals surface area contributed by atoms with Crippen LogP contribution in [0, 0.1) is 18.3 Å². The van der Waals surface area contributed by atoms with Gasteiger partial charge < -0.3 is 10.1 Å². The van der Waals surface area contributed by atoms with Crippen molar-refractivity contribution < 1.29 is 9.53 Å². The molecule has 0 fully saturated rings. The van der Waals surface area contributed by atoms with E-state index in [9.17, 15) is 4.79 Å². The quantitative estimate of drug-likeness (QED) is 0.939. The molecule has 0 bridgehead atoms. The monoisotopic (exact) mass is 300 g/mol. The van der Waals surface area contributed by atoms with E-state index < -0.39 is 0 Å². The minimum Gasteiger partial charge on any atom is -0.484 e. The van der Waals surface area contributed by atoms with Crippen LogP contribution in [-0.4, -0.2) is 12.5 Å². The largest absolute Gasteiger partial charge is 0.484 e. The predicted molar refractivity (Wildman–Crippen MR) is 81.5 cm³/mol. The normalized spacial score (nSPS) is 9.76. The molecule has 0 heterocycles. The first-order valence-electron chi connectivity index (χ1n) is 6.27. The molecule has 2 aromatic carbocycles. The van der Waals surface area contributed by atoms with Gasteiger partial charge in [-0.15, -0.1) is 0 Å². The Kier molecular flexibility index (Phi) is 4.81. The summed E-state index contributed by atoms with van der Waals surface area (Å²) >= 11 is 5.86. The zero-order valence-corrected chi connectivity index (χ0v) is 12.1. The van der Waals surface area contributed by atoms with Crippen LogP contribution in [0.4, 0.5) is 5.69 Å². The van der Waals surface area contributed by atoms with Crippen molar-refractivity contribution in [1.82, 2.24) is 0 Å². The molecule has 5 heteroatoms. The maximum atomic E-state index is 11.8. The number of halogens is 1. The second-order valence-corrected chi connectivity index (χ2v) is 4.87. The lowest BCUT2D eigenvalue weighted by Crippen LogP contribution is -2.20. The van der Waals surface area contributed by atoms with Gasteiger partial charge in [-0.05, 0) is 55.0 Å². The van der Waals surface area contributed by atoms with Crippen LogP contribution in [0.2, 0.25) is 5.02 Å². The number of hydrogen-bond acceptors (Lipinski definition) is 3. The number of nitrogens with zero attached hydrogens (tertiary/aromatic N) is 1. The highest BCUT2D eigenvalue weighted by atomic mass is 35.5. The van der Waals surface area contributed by atoms with Gasteiger partial charge in [0.05, 0.1) is 11.6 Å². The molecule has 0 spiro atoms. The Labute approximate surface area is 127 Å². The molecule has 0 radical (unpaired) electrons. The summed E-state index contributed by atoms with van der Waals surface area (Å²) in [5, 5.41) is 12.1. The molecule has 0 aliphatic heterocycles. The average molecular weight is 301 g/mol. The number of nitrogens with one attached hydrogen (secondary N) is 1. The molecule has 106 valence electrons. The number of anilines is 1. The summed E-state index contributed by atoms with van der Waals surface area (Å²) in [5.41, 5.74) is 2.13. The molecule has 2 rings (SSSR count). The SMILES string of the molecule is Cc1cc(Cl)ccc1NC(=O)COc1ccc(C#N)cc1. The van der Waals surface area contributed by atoms with Gasteiger partial charge in [0.2, 0.25) is 0 Å². The number of aryl methyl sites for hydroxylation is 1. The van der Waals surface area contributed by atoms with Crippen LogP contribution in [0.15, 0.2) is 42.5 Å². The van der Waals surface area contributed by atoms with E-state index in [-0.39, 0.29) is 12.5 Å². The lowest BCUT2D eigenvalue weighted by molar-refractivity contribution is -0.118. The molecule has 0 aliphatic rings. The van der Waals surface area contributed by atoms with Crippen molar-refractivity contribution in [3.05, 3.63) is 58.6 Å². The van der Waals surface area contributed by atoms with E-state index in [4.69, 9.17) is 21.6 Å². The third-order valence-corrected chi connectivity index (χ3v) is 3.05. The van der Waals surface area contributed by atoms with Crippen LogP contribution in [0.1, 0.15) is 11.1 Å². The van der Waals surface area contributed by atoms with E-state index in [1.807, 2.05) is 13.0 Å². The predicted octanol–water partition coefficient (Wildman–Crippen LogP) is 3.54.